The maximum absolute atomic E-state index is 9.10. The fourth-order valence-corrected chi connectivity index (χ4v) is 1.57. The number of aliphatic hydroxyl groups excluding tert-OH is 1. The maximum atomic E-state index is 9.10. The van der Waals surface area contributed by atoms with Crippen LogP contribution in [-0.2, 0) is 0 Å². The van der Waals surface area contributed by atoms with Gasteiger partial charge in [0.25, 0.3) is 0 Å². The molecule has 1 aromatic carbocycles. The van der Waals surface area contributed by atoms with Crippen molar-refractivity contribution < 1.29 is 5.11 Å². The lowest BCUT2D eigenvalue weighted by atomic mass is 10.0. The molecule has 2 N–H and O–H groups in total. The van der Waals surface area contributed by atoms with Gasteiger partial charge in [0.2, 0.25) is 0 Å². The molecule has 0 amide bonds. The molecule has 2 nitrogen and oxygen atoms in total. The molecule has 0 aromatic heterocycles. The highest BCUT2D eigenvalue weighted by Gasteiger charge is 2.07. The monoisotopic (exact) mass is 179 g/mol. The third-order valence-corrected chi connectivity index (χ3v) is 2.18. The average molecular weight is 179 g/mol. The van der Waals surface area contributed by atoms with Crippen LogP contribution >= 0.6 is 0 Å². The molecular formula is C11H17NO. The second-order valence-electron chi connectivity index (χ2n) is 3.44. The van der Waals surface area contributed by atoms with E-state index < -0.39 is 0 Å². The van der Waals surface area contributed by atoms with Crippen LogP contribution in [0.3, 0.4) is 0 Å². The van der Waals surface area contributed by atoms with Gasteiger partial charge in [-0.15, -0.1) is 0 Å². The van der Waals surface area contributed by atoms with Crippen LogP contribution in [-0.4, -0.2) is 18.8 Å². The van der Waals surface area contributed by atoms with Crippen molar-refractivity contribution in [2.24, 2.45) is 0 Å². The maximum Gasteiger partial charge on any atom is 0.0626 e. The minimum Gasteiger partial charge on any atom is -0.394 e. The largest absolute Gasteiger partial charge is 0.394 e. The van der Waals surface area contributed by atoms with Gasteiger partial charge in [-0.25, -0.2) is 0 Å². The summed E-state index contributed by atoms with van der Waals surface area (Å²) in [6.45, 7) is 4.28. The Hall–Kier alpha value is -0.860. The van der Waals surface area contributed by atoms with Gasteiger partial charge in [0.05, 0.1) is 12.6 Å². The molecule has 0 unspecified atom stereocenters. The van der Waals surface area contributed by atoms with Crippen molar-refractivity contribution in [2.75, 3.05) is 13.7 Å². The fourth-order valence-electron chi connectivity index (χ4n) is 1.57. The number of likely N-dealkylation sites (N-methyl/N-ethyl adjacent to an activating group) is 1. The molecule has 0 radical (unpaired) electrons. The van der Waals surface area contributed by atoms with Crippen LogP contribution in [0.4, 0.5) is 0 Å². The molecule has 72 valence electrons. The molecule has 0 spiro atoms. The summed E-state index contributed by atoms with van der Waals surface area (Å²) in [5.41, 5.74) is 3.63. The molecule has 1 aromatic rings. The number of hydrogen-bond acceptors (Lipinski definition) is 2. The van der Waals surface area contributed by atoms with Crippen molar-refractivity contribution in [3.8, 4) is 0 Å². The average Bonchev–Trinajstić information content (AvgIpc) is 2.04. The Balaban J connectivity index is 2.99. The lowest BCUT2D eigenvalue weighted by Crippen LogP contribution is -2.20. The van der Waals surface area contributed by atoms with Gasteiger partial charge in [-0.2, -0.15) is 0 Å². The molecule has 0 bridgehead atoms. The first-order valence-corrected chi connectivity index (χ1v) is 4.53. The van der Waals surface area contributed by atoms with Crippen LogP contribution < -0.4 is 5.32 Å². The first-order chi connectivity index (χ1) is 6.17. The molecular weight excluding hydrogens is 162 g/mol. The SMILES string of the molecule is CN[C@H](CO)c1cc(C)cc(C)c1. The van der Waals surface area contributed by atoms with E-state index in [1.165, 1.54) is 11.1 Å². The van der Waals surface area contributed by atoms with Gasteiger partial charge in [0.1, 0.15) is 0 Å². The van der Waals surface area contributed by atoms with E-state index in [4.69, 9.17) is 5.11 Å². The minimum atomic E-state index is 0.0543. The van der Waals surface area contributed by atoms with Gasteiger partial charge in [0.15, 0.2) is 0 Å². The number of nitrogens with one attached hydrogen (secondary N) is 1. The predicted octanol–water partition coefficient (Wildman–Crippen LogP) is 1.56. The molecule has 0 fully saturated rings. The summed E-state index contributed by atoms with van der Waals surface area (Å²) in [6, 6.07) is 6.39. The van der Waals surface area contributed by atoms with Crippen molar-refractivity contribution >= 4 is 0 Å². The van der Waals surface area contributed by atoms with Crippen LogP contribution in [0, 0.1) is 13.8 Å². The Morgan fingerprint density at radius 3 is 2.15 bits per heavy atom. The molecule has 0 heterocycles. The topological polar surface area (TPSA) is 32.3 Å². The molecule has 0 saturated carbocycles. The summed E-state index contributed by atoms with van der Waals surface area (Å²) < 4.78 is 0. The van der Waals surface area contributed by atoms with Crippen LogP contribution in [0.2, 0.25) is 0 Å². The second-order valence-corrected chi connectivity index (χ2v) is 3.44. The fraction of sp³-hybridized carbons (Fsp3) is 0.455. The highest BCUT2D eigenvalue weighted by atomic mass is 16.3. The van der Waals surface area contributed by atoms with E-state index in [1.807, 2.05) is 7.05 Å². The van der Waals surface area contributed by atoms with E-state index in [0.29, 0.717) is 0 Å². The Morgan fingerprint density at radius 2 is 1.77 bits per heavy atom. The molecule has 0 saturated heterocycles. The quantitative estimate of drug-likeness (QED) is 0.738. The Morgan fingerprint density at radius 1 is 1.23 bits per heavy atom. The highest BCUT2D eigenvalue weighted by Crippen LogP contribution is 2.15. The zero-order valence-corrected chi connectivity index (χ0v) is 8.46. The molecule has 0 aliphatic rings. The van der Waals surface area contributed by atoms with Gasteiger partial charge in [-0.3, -0.25) is 0 Å². The molecule has 13 heavy (non-hydrogen) atoms. The lowest BCUT2D eigenvalue weighted by Gasteiger charge is -2.14. The zero-order valence-electron chi connectivity index (χ0n) is 8.46. The van der Waals surface area contributed by atoms with E-state index >= 15 is 0 Å². The lowest BCUT2D eigenvalue weighted by molar-refractivity contribution is 0.251. The number of aryl methyl sites for hydroxylation is 2. The van der Waals surface area contributed by atoms with E-state index in [-0.39, 0.29) is 12.6 Å². The summed E-state index contributed by atoms with van der Waals surface area (Å²) in [5.74, 6) is 0. The summed E-state index contributed by atoms with van der Waals surface area (Å²) >= 11 is 0. The third-order valence-electron chi connectivity index (χ3n) is 2.18. The van der Waals surface area contributed by atoms with Gasteiger partial charge in [-0.1, -0.05) is 29.3 Å². The second kappa shape index (κ2) is 4.40. The van der Waals surface area contributed by atoms with E-state index in [1.54, 1.807) is 0 Å². The smallest absolute Gasteiger partial charge is 0.0626 e. The van der Waals surface area contributed by atoms with Crippen LogP contribution in [0.15, 0.2) is 18.2 Å². The van der Waals surface area contributed by atoms with Crippen molar-refractivity contribution in [1.82, 2.24) is 5.32 Å². The Labute approximate surface area is 79.6 Å². The van der Waals surface area contributed by atoms with Gasteiger partial charge >= 0.3 is 0 Å². The number of rotatable bonds is 3. The predicted molar refractivity (Wildman–Crippen MR) is 54.8 cm³/mol. The molecule has 1 atom stereocenters. The summed E-state index contributed by atoms with van der Waals surface area (Å²) in [5, 5.41) is 12.2. The first kappa shape index (κ1) is 10.2. The van der Waals surface area contributed by atoms with Crippen LogP contribution in [0.5, 0.6) is 0 Å². The van der Waals surface area contributed by atoms with E-state index in [9.17, 15) is 0 Å². The minimum absolute atomic E-state index is 0.0543. The zero-order chi connectivity index (χ0) is 9.84. The Bertz CT molecular complexity index is 259. The van der Waals surface area contributed by atoms with Gasteiger partial charge in [0, 0.05) is 0 Å². The van der Waals surface area contributed by atoms with Gasteiger partial charge < -0.3 is 10.4 Å². The molecule has 0 aliphatic carbocycles. The third kappa shape index (κ3) is 2.54. The summed E-state index contributed by atoms with van der Waals surface area (Å²) in [6.07, 6.45) is 0. The summed E-state index contributed by atoms with van der Waals surface area (Å²) in [4.78, 5) is 0. The van der Waals surface area contributed by atoms with Gasteiger partial charge in [-0.05, 0) is 26.5 Å². The van der Waals surface area contributed by atoms with E-state index in [0.717, 1.165) is 5.56 Å². The summed E-state index contributed by atoms with van der Waals surface area (Å²) in [7, 11) is 1.86. The van der Waals surface area contributed by atoms with Crippen molar-refractivity contribution in [3.63, 3.8) is 0 Å². The molecule has 0 aliphatic heterocycles. The Kier molecular flexibility index (Phi) is 3.46. The van der Waals surface area contributed by atoms with E-state index in [2.05, 4.69) is 37.4 Å². The number of benzene rings is 1. The number of hydrogen-bond donors (Lipinski definition) is 2. The van der Waals surface area contributed by atoms with Crippen LogP contribution in [0.25, 0.3) is 0 Å². The first-order valence-electron chi connectivity index (χ1n) is 4.53. The van der Waals surface area contributed by atoms with Crippen molar-refractivity contribution in [3.05, 3.63) is 34.9 Å². The van der Waals surface area contributed by atoms with Crippen LogP contribution in [0.1, 0.15) is 22.7 Å². The highest BCUT2D eigenvalue weighted by molar-refractivity contribution is 5.30. The normalized spacial score (nSPS) is 12.9. The molecule has 2 heteroatoms. The number of aliphatic hydroxyl groups is 1. The molecule has 1 rings (SSSR count). The van der Waals surface area contributed by atoms with Crippen molar-refractivity contribution in [2.45, 2.75) is 19.9 Å². The standard InChI is InChI=1S/C11H17NO/c1-8-4-9(2)6-10(5-8)11(7-13)12-3/h4-6,11-13H,7H2,1-3H3/t11-/m1/s1. The van der Waals surface area contributed by atoms with Crippen molar-refractivity contribution in [1.29, 1.82) is 0 Å².